The van der Waals surface area contributed by atoms with E-state index >= 15 is 0 Å². The van der Waals surface area contributed by atoms with Gasteiger partial charge in [-0.15, -0.1) is 0 Å². The number of piperazine rings is 1. The first-order valence-electron chi connectivity index (χ1n) is 6.96. The third kappa shape index (κ3) is 3.25. The summed E-state index contributed by atoms with van der Waals surface area (Å²) in [5.74, 6) is 1.70. The molecule has 1 aliphatic rings. The maximum atomic E-state index is 5.82. The molecule has 1 fully saturated rings. The molecule has 1 aliphatic heterocycles. The molecule has 1 saturated heterocycles. The summed E-state index contributed by atoms with van der Waals surface area (Å²) in [5.41, 5.74) is 6.41. The van der Waals surface area contributed by atoms with Gasteiger partial charge in [-0.2, -0.15) is 4.98 Å². The summed E-state index contributed by atoms with van der Waals surface area (Å²) in [4.78, 5) is 8.76. The van der Waals surface area contributed by atoms with Gasteiger partial charge in [0.15, 0.2) is 6.61 Å². The number of hydrogen-bond acceptors (Lipinski definition) is 7. The van der Waals surface area contributed by atoms with Gasteiger partial charge in [-0.25, -0.2) is 0 Å². The van der Waals surface area contributed by atoms with E-state index in [1.807, 2.05) is 18.2 Å². The highest BCUT2D eigenvalue weighted by Crippen LogP contribution is 2.21. The van der Waals surface area contributed by atoms with Gasteiger partial charge in [-0.3, -0.25) is 0 Å². The molecule has 112 valence electrons. The predicted molar refractivity (Wildman–Crippen MR) is 79.2 cm³/mol. The number of aromatic nitrogens is 2. The summed E-state index contributed by atoms with van der Waals surface area (Å²) in [6.45, 7) is 4.03. The second-order valence-corrected chi connectivity index (χ2v) is 5.10. The van der Waals surface area contributed by atoms with Crippen LogP contribution in [0.15, 0.2) is 28.8 Å². The number of nitrogens with zero attached hydrogens (tertiary/aromatic N) is 4. The monoisotopic (exact) mass is 289 g/mol. The van der Waals surface area contributed by atoms with E-state index in [-0.39, 0.29) is 6.61 Å². The van der Waals surface area contributed by atoms with E-state index in [9.17, 15) is 0 Å². The molecule has 7 heteroatoms. The molecule has 0 bridgehead atoms. The Kier molecular flexibility index (Phi) is 3.92. The van der Waals surface area contributed by atoms with E-state index in [1.165, 1.54) is 0 Å². The fourth-order valence-corrected chi connectivity index (χ4v) is 2.19. The lowest BCUT2D eigenvalue weighted by Gasteiger charge is -2.31. The highest BCUT2D eigenvalue weighted by Gasteiger charge is 2.19. The molecular weight excluding hydrogens is 270 g/mol. The molecule has 0 atom stereocenters. The lowest BCUT2D eigenvalue weighted by molar-refractivity contribution is 0.243. The average Bonchev–Trinajstić information content (AvgIpc) is 2.96. The quantitative estimate of drug-likeness (QED) is 0.840. The Morgan fingerprint density at radius 3 is 2.76 bits per heavy atom. The molecule has 7 nitrogen and oxygen atoms in total. The van der Waals surface area contributed by atoms with Gasteiger partial charge in [0.25, 0.3) is 11.8 Å². The van der Waals surface area contributed by atoms with Crippen LogP contribution >= 0.6 is 0 Å². The minimum absolute atomic E-state index is 0.217. The maximum Gasteiger partial charge on any atom is 0.266 e. The average molecular weight is 289 g/mol. The molecule has 0 radical (unpaired) electrons. The van der Waals surface area contributed by atoms with Crippen LogP contribution < -0.4 is 15.4 Å². The van der Waals surface area contributed by atoms with Gasteiger partial charge < -0.3 is 24.8 Å². The Morgan fingerprint density at radius 2 is 2.00 bits per heavy atom. The molecule has 2 heterocycles. The van der Waals surface area contributed by atoms with Crippen molar-refractivity contribution >= 4 is 11.6 Å². The molecule has 0 amide bonds. The normalized spacial score (nSPS) is 16.1. The minimum atomic E-state index is 0.217. The number of likely N-dealkylation sites (N-methyl/N-ethyl adjacent to an activating group) is 1. The lowest BCUT2D eigenvalue weighted by atomic mass is 10.3. The van der Waals surface area contributed by atoms with Crippen molar-refractivity contribution < 1.29 is 9.26 Å². The molecular formula is C14H19N5O2. The SMILES string of the molecule is CN1CCN(c2noc(COc3ccccc3N)n2)CC1. The fourth-order valence-electron chi connectivity index (χ4n) is 2.19. The Balaban J connectivity index is 1.59. The molecule has 2 N–H and O–H groups in total. The number of benzene rings is 1. The van der Waals surface area contributed by atoms with Crippen LogP contribution in [0.4, 0.5) is 11.6 Å². The largest absolute Gasteiger partial charge is 0.482 e. The third-order valence-corrected chi connectivity index (χ3v) is 3.51. The molecule has 2 aromatic rings. The molecule has 0 spiro atoms. The van der Waals surface area contributed by atoms with Gasteiger partial charge in [0.2, 0.25) is 0 Å². The molecule has 0 unspecified atom stereocenters. The van der Waals surface area contributed by atoms with Gasteiger partial charge in [0.1, 0.15) is 5.75 Å². The highest BCUT2D eigenvalue weighted by molar-refractivity contribution is 5.51. The van der Waals surface area contributed by atoms with Crippen molar-refractivity contribution in [1.82, 2.24) is 15.0 Å². The Labute approximate surface area is 123 Å². The van der Waals surface area contributed by atoms with Crippen molar-refractivity contribution in [3.63, 3.8) is 0 Å². The molecule has 1 aromatic heterocycles. The van der Waals surface area contributed by atoms with Gasteiger partial charge in [0.05, 0.1) is 5.69 Å². The lowest BCUT2D eigenvalue weighted by Crippen LogP contribution is -2.44. The summed E-state index contributed by atoms with van der Waals surface area (Å²) in [6.07, 6.45) is 0. The zero-order valence-electron chi connectivity index (χ0n) is 12.0. The van der Waals surface area contributed by atoms with Gasteiger partial charge >= 0.3 is 0 Å². The zero-order valence-corrected chi connectivity index (χ0v) is 12.0. The van der Waals surface area contributed by atoms with E-state index in [1.54, 1.807) is 6.07 Å². The van der Waals surface area contributed by atoms with E-state index in [0.29, 0.717) is 23.3 Å². The molecule has 0 saturated carbocycles. The smallest absolute Gasteiger partial charge is 0.266 e. The number of nitrogens with two attached hydrogens (primary N) is 1. The first-order chi connectivity index (χ1) is 10.2. The Bertz CT molecular complexity index is 593. The summed E-state index contributed by atoms with van der Waals surface area (Å²) >= 11 is 0. The second-order valence-electron chi connectivity index (χ2n) is 5.10. The fraction of sp³-hybridized carbons (Fsp3) is 0.429. The predicted octanol–water partition coefficient (Wildman–Crippen LogP) is 0.983. The minimum Gasteiger partial charge on any atom is -0.482 e. The van der Waals surface area contributed by atoms with Crippen molar-refractivity contribution in [1.29, 1.82) is 0 Å². The summed E-state index contributed by atoms with van der Waals surface area (Å²) in [7, 11) is 2.11. The number of ether oxygens (including phenoxy) is 1. The summed E-state index contributed by atoms with van der Waals surface area (Å²) in [5, 5.41) is 4.01. The standard InChI is InChI=1S/C14H19N5O2/c1-18-6-8-19(9-7-18)14-16-13(21-17-14)10-20-12-5-3-2-4-11(12)15/h2-5H,6-10,15H2,1H3. The van der Waals surface area contributed by atoms with Crippen molar-refractivity contribution in [3.05, 3.63) is 30.2 Å². The van der Waals surface area contributed by atoms with Crippen LogP contribution in [0.25, 0.3) is 0 Å². The Hall–Kier alpha value is -2.28. The molecule has 1 aromatic carbocycles. The van der Waals surface area contributed by atoms with Crippen molar-refractivity contribution in [2.24, 2.45) is 0 Å². The molecule has 21 heavy (non-hydrogen) atoms. The van der Waals surface area contributed by atoms with Crippen LogP contribution in [-0.4, -0.2) is 48.3 Å². The maximum absolute atomic E-state index is 5.82. The van der Waals surface area contributed by atoms with Crippen molar-refractivity contribution in [2.75, 3.05) is 43.9 Å². The van der Waals surface area contributed by atoms with E-state index < -0.39 is 0 Å². The van der Waals surface area contributed by atoms with Crippen LogP contribution in [-0.2, 0) is 6.61 Å². The Morgan fingerprint density at radius 1 is 1.24 bits per heavy atom. The second kappa shape index (κ2) is 6.01. The van der Waals surface area contributed by atoms with Gasteiger partial charge in [-0.1, -0.05) is 12.1 Å². The topological polar surface area (TPSA) is 80.7 Å². The van der Waals surface area contributed by atoms with Crippen LogP contribution in [0.3, 0.4) is 0 Å². The first kappa shape index (κ1) is 13.7. The third-order valence-electron chi connectivity index (χ3n) is 3.51. The first-order valence-corrected chi connectivity index (χ1v) is 6.96. The van der Waals surface area contributed by atoms with E-state index in [4.69, 9.17) is 15.0 Å². The number of anilines is 2. The summed E-state index contributed by atoms with van der Waals surface area (Å²) < 4.78 is 10.8. The van der Waals surface area contributed by atoms with Crippen molar-refractivity contribution in [2.45, 2.75) is 6.61 Å². The number of nitrogen functional groups attached to an aromatic ring is 1. The van der Waals surface area contributed by atoms with Crippen LogP contribution in [0.2, 0.25) is 0 Å². The zero-order chi connectivity index (χ0) is 14.7. The van der Waals surface area contributed by atoms with Crippen LogP contribution in [0.1, 0.15) is 5.89 Å². The number of hydrogen-bond donors (Lipinski definition) is 1. The van der Waals surface area contributed by atoms with Crippen LogP contribution in [0, 0.1) is 0 Å². The molecule has 0 aliphatic carbocycles. The van der Waals surface area contributed by atoms with Crippen molar-refractivity contribution in [3.8, 4) is 5.75 Å². The van der Waals surface area contributed by atoms with Gasteiger partial charge in [-0.05, 0) is 24.3 Å². The van der Waals surface area contributed by atoms with Gasteiger partial charge in [0, 0.05) is 26.2 Å². The van der Waals surface area contributed by atoms with E-state index in [2.05, 4.69) is 27.0 Å². The van der Waals surface area contributed by atoms with E-state index in [0.717, 1.165) is 26.2 Å². The molecule has 3 rings (SSSR count). The highest BCUT2D eigenvalue weighted by atomic mass is 16.5. The van der Waals surface area contributed by atoms with Crippen LogP contribution in [0.5, 0.6) is 5.75 Å². The summed E-state index contributed by atoms with van der Waals surface area (Å²) in [6, 6.07) is 7.33. The number of para-hydroxylation sites is 2. The number of rotatable bonds is 4.